The first-order valence-corrected chi connectivity index (χ1v) is 7.35. The van der Waals surface area contributed by atoms with E-state index in [0.29, 0.717) is 6.42 Å². The standard InChI is InChI=1S/C16H22O5/c1-9-6-10-4-5-14(2,19)15(3)12(10)11(7-9)21-16(20,8-17)13(15)18/h4-6,9,11-12,17,19-20H,7-8H2,1-3H3/t9-,11+,12-,14-,15+,16-/m1/s1. The molecule has 0 saturated carbocycles. The average molecular weight is 294 g/mol. The highest BCUT2D eigenvalue weighted by atomic mass is 16.6. The lowest BCUT2D eigenvalue weighted by Crippen LogP contribution is -2.70. The molecule has 0 radical (unpaired) electrons. The van der Waals surface area contributed by atoms with Crippen LogP contribution < -0.4 is 0 Å². The molecule has 0 aromatic carbocycles. The van der Waals surface area contributed by atoms with Crippen LogP contribution in [0.5, 0.6) is 0 Å². The van der Waals surface area contributed by atoms with Crippen LogP contribution in [0.25, 0.3) is 0 Å². The molecule has 0 bridgehead atoms. The van der Waals surface area contributed by atoms with Gasteiger partial charge in [0, 0.05) is 5.92 Å². The molecule has 5 heteroatoms. The number of allylic oxidation sites excluding steroid dienone is 2. The third-order valence-corrected chi connectivity index (χ3v) is 5.47. The lowest BCUT2D eigenvalue weighted by molar-refractivity contribution is -0.288. The smallest absolute Gasteiger partial charge is 0.251 e. The molecule has 3 N–H and O–H groups in total. The van der Waals surface area contributed by atoms with E-state index in [2.05, 4.69) is 6.08 Å². The summed E-state index contributed by atoms with van der Waals surface area (Å²) in [4.78, 5) is 12.8. The predicted molar refractivity (Wildman–Crippen MR) is 75.1 cm³/mol. The Bertz CT molecular complexity index is 549. The Morgan fingerprint density at radius 2 is 2.05 bits per heavy atom. The first kappa shape index (κ1) is 14.9. The normalized spacial score (nSPS) is 52.4. The number of carbonyl (C=O) groups excluding carboxylic acids is 1. The Morgan fingerprint density at radius 1 is 1.38 bits per heavy atom. The molecule has 6 atom stereocenters. The quantitative estimate of drug-likeness (QED) is 0.657. The molecule has 21 heavy (non-hydrogen) atoms. The number of aliphatic hydroxyl groups is 3. The van der Waals surface area contributed by atoms with Crippen molar-refractivity contribution in [1.29, 1.82) is 0 Å². The van der Waals surface area contributed by atoms with Gasteiger partial charge in [-0.2, -0.15) is 0 Å². The second kappa shape index (κ2) is 4.26. The summed E-state index contributed by atoms with van der Waals surface area (Å²) in [5, 5.41) is 30.6. The minimum absolute atomic E-state index is 0.245. The van der Waals surface area contributed by atoms with E-state index in [1.807, 2.05) is 13.0 Å². The highest BCUT2D eigenvalue weighted by Crippen LogP contribution is 2.57. The Labute approximate surface area is 123 Å². The van der Waals surface area contributed by atoms with Crippen LogP contribution in [-0.4, -0.2) is 45.2 Å². The Kier molecular flexibility index (Phi) is 3.02. The van der Waals surface area contributed by atoms with Crippen LogP contribution in [0.3, 0.4) is 0 Å². The SMILES string of the molecule is C[C@@H]1C=C2C=C[C@@](C)(O)[C@]3(C)C(=O)[C@@](O)(CO)O[C@@H](C1)[C@@H]23. The number of ether oxygens (including phenoxy) is 1. The number of hydrogen-bond donors (Lipinski definition) is 3. The maximum absolute atomic E-state index is 12.8. The molecule has 116 valence electrons. The van der Waals surface area contributed by atoms with Gasteiger partial charge in [0.15, 0.2) is 0 Å². The van der Waals surface area contributed by atoms with Crippen molar-refractivity contribution in [2.75, 3.05) is 6.61 Å². The predicted octanol–water partition coefficient (Wildman–Crippen LogP) is 0.545. The van der Waals surface area contributed by atoms with Gasteiger partial charge in [-0.1, -0.05) is 25.2 Å². The summed E-state index contributed by atoms with van der Waals surface area (Å²) < 4.78 is 5.57. The van der Waals surface area contributed by atoms with Crippen molar-refractivity contribution in [3.63, 3.8) is 0 Å². The summed E-state index contributed by atoms with van der Waals surface area (Å²) in [6, 6.07) is 0. The Hall–Kier alpha value is -1.01. The number of Topliss-reactive ketones (excluding diaryl/α,β-unsaturated/α-hetero) is 1. The molecule has 1 saturated heterocycles. The minimum Gasteiger partial charge on any atom is -0.390 e. The summed E-state index contributed by atoms with van der Waals surface area (Å²) >= 11 is 0. The summed E-state index contributed by atoms with van der Waals surface area (Å²) in [7, 11) is 0. The van der Waals surface area contributed by atoms with E-state index in [4.69, 9.17) is 4.74 Å². The molecular weight excluding hydrogens is 272 g/mol. The van der Waals surface area contributed by atoms with Crippen molar-refractivity contribution in [3.8, 4) is 0 Å². The van der Waals surface area contributed by atoms with Crippen molar-refractivity contribution in [2.24, 2.45) is 17.3 Å². The summed E-state index contributed by atoms with van der Waals surface area (Å²) in [6.45, 7) is 4.46. The number of rotatable bonds is 1. The van der Waals surface area contributed by atoms with Crippen molar-refractivity contribution in [1.82, 2.24) is 0 Å². The molecule has 1 heterocycles. The number of carbonyl (C=O) groups is 1. The maximum atomic E-state index is 12.8. The molecule has 0 aromatic heterocycles. The van der Waals surface area contributed by atoms with Crippen molar-refractivity contribution in [2.45, 2.75) is 44.7 Å². The van der Waals surface area contributed by atoms with Gasteiger partial charge in [-0.3, -0.25) is 4.79 Å². The third kappa shape index (κ3) is 1.75. The van der Waals surface area contributed by atoms with E-state index >= 15 is 0 Å². The van der Waals surface area contributed by atoms with Crippen LogP contribution in [0.2, 0.25) is 0 Å². The van der Waals surface area contributed by atoms with E-state index in [1.165, 1.54) is 0 Å². The van der Waals surface area contributed by atoms with E-state index in [9.17, 15) is 20.1 Å². The van der Waals surface area contributed by atoms with E-state index in [-0.39, 0.29) is 11.8 Å². The molecular formula is C16H22O5. The van der Waals surface area contributed by atoms with Gasteiger partial charge in [-0.15, -0.1) is 0 Å². The highest BCUT2D eigenvalue weighted by molar-refractivity contribution is 5.94. The highest BCUT2D eigenvalue weighted by Gasteiger charge is 2.67. The second-order valence-corrected chi connectivity index (χ2v) is 6.97. The van der Waals surface area contributed by atoms with Gasteiger partial charge in [0.25, 0.3) is 5.79 Å². The maximum Gasteiger partial charge on any atom is 0.251 e. The number of aliphatic hydroxyl groups excluding tert-OH is 1. The summed E-state index contributed by atoms with van der Waals surface area (Å²) in [6.07, 6.45) is 5.77. The first-order chi connectivity index (χ1) is 9.65. The van der Waals surface area contributed by atoms with Crippen LogP contribution in [0.4, 0.5) is 0 Å². The van der Waals surface area contributed by atoms with Gasteiger partial charge in [0.1, 0.15) is 6.61 Å². The fraction of sp³-hybridized carbons (Fsp3) is 0.688. The number of ketones is 1. The summed E-state index contributed by atoms with van der Waals surface area (Å²) in [5.41, 5.74) is -1.67. The zero-order chi connectivity index (χ0) is 15.6. The molecule has 2 aliphatic carbocycles. The molecule has 0 aromatic rings. The van der Waals surface area contributed by atoms with E-state index < -0.39 is 35.3 Å². The lowest BCUT2D eigenvalue weighted by atomic mass is 9.52. The van der Waals surface area contributed by atoms with Crippen molar-refractivity contribution >= 4 is 5.78 Å². The molecule has 1 aliphatic heterocycles. The van der Waals surface area contributed by atoms with Crippen LogP contribution in [0, 0.1) is 17.3 Å². The second-order valence-electron chi connectivity index (χ2n) is 6.97. The van der Waals surface area contributed by atoms with E-state index in [0.717, 1.165) is 5.57 Å². The van der Waals surface area contributed by atoms with Gasteiger partial charge in [-0.05, 0) is 31.8 Å². The van der Waals surface area contributed by atoms with Crippen LogP contribution in [0.15, 0.2) is 23.8 Å². The zero-order valence-electron chi connectivity index (χ0n) is 12.5. The van der Waals surface area contributed by atoms with Gasteiger partial charge in [0.05, 0.1) is 17.1 Å². The summed E-state index contributed by atoms with van der Waals surface area (Å²) in [5.74, 6) is -2.97. The topological polar surface area (TPSA) is 87.0 Å². The molecule has 1 fully saturated rings. The van der Waals surface area contributed by atoms with Crippen LogP contribution >= 0.6 is 0 Å². The van der Waals surface area contributed by atoms with Gasteiger partial charge >= 0.3 is 0 Å². The average Bonchev–Trinajstić information content (AvgIpc) is 2.40. The van der Waals surface area contributed by atoms with Crippen LogP contribution in [0.1, 0.15) is 27.2 Å². The van der Waals surface area contributed by atoms with Crippen molar-refractivity contribution < 1.29 is 24.9 Å². The molecule has 5 nitrogen and oxygen atoms in total. The fourth-order valence-corrected chi connectivity index (χ4v) is 4.13. The van der Waals surface area contributed by atoms with E-state index in [1.54, 1.807) is 19.9 Å². The number of hydrogen-bond acceptors (Lipinski definition) is 5. The Morgan fingerprint density at radius 3 is 2.67 bits per heavy atom. The van der Waals surface area contributed by atoms with Crippen LogP contribution in [-0.2, 0) is 9.53 Å². The largest absolute Gasteiger partial charge is 0.390 e. The minimum atomic E-state index is -2.24. The fourth-order valence-electron chi connectivity index (χ4n) is 4.13. The van der Waals surface area contributed by atoms with Gasteiger partial charge in [0.2, 0.25) is 5.78 Å². The molecule has 0 unspecified atom stereocenters. The van der Waals surface area contributed by atoms with Gasteiger partial charge in [-0.25, -0.2) is 0 Å². The zero-order valence-corrected chi connectivity index (χ0v) is 12.5. The van der Waals surface area contributed by atoms with Crippen molar-refractivity contribution in [3.05, 3.63) is 23.8 Å². The Balaban J connectivity index is 2.22. The monoisotopic (exact) mass is 294 g/mol. The first-order valence-electron chi connectivity index (χ1n) is 7.35. The lowest BCUT2D eigenvalue weighted by Gasteiger charge is -2.58. The molecule has 0 amide bonds. The molecule has 0 spiro atoms. The molecule has 3 rings (SSSR count). The third-order valence-electron chi connectivity index (χ3n) is 5.47. The molecule has 3 aliphatic rings. The van der Waals surface area contributed by atoms with Gasteiger partial charge < -0.3 is 20.1 Å².